The van der Waals surface area contributed by atoms with Gasteiger partial charge in [0.2, 0.25) is 0 Å². The van der Waals surface area contributed by atoms with Crippen molar-refractivity contribution in [3.8, 4) is 0 Å². The van der Waals surface area contributed by atoms with E-state index >= 15 is 0 Å². The summed E-state index contributed by atoms with van der Waals surface area (Å²) in [6.07, 6.45) is 0.937. The van der Waals surface area contributed by atoms with Crippen molar-refractivity contribution in [1.82, 2.24) is 5.32 Å². The van der Waals surface area contributed by atoms with E-state index in [1.807, 2.05) is 7.05 Å². The molecular formula is C15H26N2. The lowest BCUT2D eigenvalue weighted by molar-refractivity contribution is 0.395. The first-order valence-electron chi connectivity index (χ1n) is 6.29. The fourth-order valence-corrected chi connectivity index (χ4v) is 2.25. The summed E-state index contributed by atoms with van der Waals surface area (Å²) >= 11 is 0. The van der Waals surface area contributed by atoms with Gasteiger partial charge in [-0.1, -0.05) is 12.1 Å². The van der Waals surface area contributed by atoms with Gasteiger partial charge in [0.05, 0.1) is 0 Å². The van der Waals surface area contributed by atoms with Crippen LogP contribution in [0.4, 0.5) is 0 Å². The van der Waals surface area contributed by atoms with Crippen molar-refractivity contribution in [2.75, 3.05) is 7.05 Å². The van der Waals surface area contributed by atoms with E-state index in [1.165, 1.54) is 22.3 Å². The lowest BCUT2D eigenvalue weighted by Crippen LogP contribution is -2.37. The number of rotatable bonds is 4. The minimum atomic E-state index is -0.154. The molecule has 0 bridgehead atoms. The van der Waals surface area contributed by atoms with E-state index in [2.05, 4.69) is 52.1 Å². The van der Waals surface area contributed by atoms with E-state index < -0.39 is 0 Å². The van der Waals surface area contributed by atoms with Crippen LogP contribution < -0.4 is 11.1 Å². The van der Waals surface area contributed by atoms with Gasteiger partial charge in [0.15, 0.2) is 0 Å². The molecule has 0 fully saturated rings. The fraction of sp³-hybridized carbons (Fsp3) is 0.600. The molecule has 0 aromatic heterocycles. The predicted octanol–water partition coefficient (Wildman–Crippen LogP) is 3.00. The van der Waals surface area contributed by atoms with E-state index in [0.29, 0.717) is 6.04 Å². The SMILES string of the molecule is CNC(CC(C)(C)N)c1ccc(C)c(C)c1C. The molecule has 1 unspecified atom stereocenters. The smallest absolute Gasteiger partial charge is 0.0337 e. The molecular weight excluding hydrogens is 208 g/mol. The van der Waals surface area contributed by atoms with Gasteiger partial charge in [-0.25, -0.2) is 0 Å². The summed E-state index contributed by atoms with van der Waals surface area (Å²) in [7, 11) is 2.00. The summed E-state index contributed by atoms with van der Waals surface area (Å²) < 4.78 is 0. The molecule has 96 valence electrons. The van der Waals surface area contributed by atoms with Gasteiger partial charge in [-0.2, -0.15) is 0 Å². The molecule has 1 aromatic rings. The molecule has 17 heavy (non-hydrogen) atoms. The molecule has 0 radical (unpaired) electrons. The van der Waals surface area contributed by atoms with Crippen LogP contribution in [0.25, 0.3) is 0 Å². The number of nitrogens with two attached hydrogens (primary N) is 1. The average molecular weight is 234 g/mol. The Balaban J connectivity index is 3.09. The van der Waals surface area contributed by atoms with Crippen molar-refractivity contribution in [3.05, 3.63) is 34.4 Å². The highest BCUT2D eigenvalue weighted by atomic mass is 14.9. The van der Waals surface area contributed by atoms with Crippen LogP contribution in [0.2, 0.25) is 0 Å². The summed E-state index contributed by atoms with van der Waals surface area (Å²) in [5.74, 6) is 0. The summed E-state index contributed by atoms with van der Waals surface area (Å²) in [4.78, 5) is 0. The Labute approximate surface area is 106 Å². The second kappa shape index (κ2) is 5.19. The van der Waals surface area contributed by atoms with E-state index in [4.69, 9.17) is 5.73 Å². The Kier molecular flexibility index (Phi) is 4.34. The Hall–Kier alpha value is -0.860. The van der Waals surface area contributed by atoms with Crippen LogP contribution >= 0.6 is 0 Å². The molecule has 1 aromatic carbocycles. The lowest BCUT2D eigenvalue weighted by Gasteiger charge is -2.28. The summed E-state index contributed by atoms with van der Waals surface area (Å²) in [6.45, 7) is 10.7. The molecule has 2 nitrogen and oxygen atoms in total. The zero-order valence-electron chi connectivity index (χ0n) is 12.0. The van der Waals surface area contributed by atoms with Crippen LogP contribution in [0, 0.1) is 20.8 Å². The molecule has 0 aliphatic rings. The fourth-order valence-electron chi connectivity index (χ4n) is 2.25. The minimum absolute atomic E-state index is 0.154. The van der Waals surface area contributed by atoms with E-state index in [-0.39, 0.29) is 5.54 Å². The van der Waals surface area contributed by atoms with Gasteiger partial charge in [0.25, 0.3) is 0 Å². The third kappa shape index (κ3) is 3.55. The third-order valence-corrected chi connectivity index (χ3v) is 3.55. The third-order valence-electron chi connectivity index (χ3n) is 3.55. The first-order chi connectivity index (χ1) is 7.76. The quantitative estimate of drug-likeness (QED) is 0.840. The van der Waals surface area contributed by atoms with Crippen LogP contribution in [0.1, 0.15) is 48.6 Å². The number of hydrogen-bond donors (Lipinski definition) is 2. The monoisotopic (exact) mass is 234 g/mol. The molecule has 0 heterocycles. The van der Waals surface area contributed by atoms with Gasteiger partial charge in [-0.05, 0) is 70.3 Å². The number of nitrogens with one attached hydrogen (secondary N) is 1. The second-order valence-corrected chi connectivity index (χ2v) is 5.76. The van der Waals surface area contributed by atoms with Crippen molar-refractivity contribution >= 4 is 0 Å². The molecule has 0 aliphatic heterocycles. The Bertz CT molecular complexity index is 389. The molecule has 2 heteroatoms. The number of hydrogen-bond acceptors (Lipinski definition) is 2. The first-order valence-corrected chi connectivity index (χ1v) is 6.29. The van der Waals surface area contributed by atoms with Gasteiger partial charge in [-0.3, -0.25) is 0 Å². The van der Waals surface area contributed by atoms with Crippen LogP contribution in [0.15, 0.2) is 12.1 Å². The van der Waals surface area contributed by atoms with Crippen LogP contribution in [-0.4, -0.2) is 12.6 Å². The summed E-state index contributed by atoms with van der Waals surface area (Å²) in [5.41, 5.74) is 11.5. The molecule has 3 N–H and O–H groups in total. The van der Waals surface area contributed by atoms with Gasteiger partial charge >= 0.3 is 0 Å². The normalized spacial score (nSPS) is 13.8. The van der Waals surface area contributed by atoms with Crippen molar-refractivity contribution < 1.29 is 0 Å². The standard InChI is InChI=1S/C15H26N2/c1-10-7-8-13(12(3)11(10)2)14(17-6)9-15(4,5)16/h7-8,14,17H,9,16H2,1-6H3. The Morgan fingerprint density at radius 3 is 2.24 bits per heavy atom. The van der Waals surface area contributed by atoms with Gasteiger partial charge < -0.3 is 11.1 Å². The maximum atomic E-state index is 6.13. The molecule has 0 aliphatic carbocycles. The maximum absolute atomic E-state index is 6.13. The highest BCUT2D eigenvalue weighted by molar-refractivity contribution is 5.40. The van der Waals surface area contributed by atoms with Gasteiger partial charge in [-0.15, -0.1) is 0 Å². The second-order valence-electron chi connectivity index (χ2n) is 5.76. The van der Waals surface area contributed by atoms with Crippen LogP contribution in [0.3, 0.4) is 0 Å². The molecule has 0 amide bonds. The predicted molar refractivity (Wildman–Crippen MR) is 75.3 cm³/mol. The average Bonchev–Trinajstić information content (AvgIpc) is 2.22. The lowest BCUT2D eigenvalue weighted by atomic mass is 9.87. The first kappa shape index (κ1) is 14.2. The zero-order valence-corrected chi connectivity index (χ0v) is 12.0. The summed E-state index contributed by atoms with van der Waals surface area (Å²) in [5, 5.41) is 3.38. The molecule has 1 atom stereocenters. The molecule has 0 saturated carbocycles. The van der Waals surface area contributed by atoms with Gasteiger partial charge in [0, 0.05) is 11.6 Å². The van der Waals surface area contributed by atoms with Crippen molar-refractivity contribution in [2.24, 2.45) is 5.73 Å². The van der Waals surface area contributed by atoms with Gasteiger partial charge in [0.1, 0.15) is 0 Å². The van der Waals surface area contributed by atoms with Crippen LogP contribution in [0.5, 0.6) is 0 Å². The highest BCUT2D eigenvalue weighted by Crippen LogP contribution is 2.27. The van der Waals surface area contributed by atoms with E-state index in [9.17, 15) is 0 Å². The Morgan fingerprint density at radius 1 is 1.18 bits per heavy atom. The van der Waals surface area contributed by atoms with Crippen molar-refractivity contribution in [3.63, 3.8) is 0 Å². The largest absolute Gasteiger partial charge is 0.325 e. The topological polar surface area (TPSA) is 38.0 Å². The molecule has 1 rings (SSSR count). The zero-order chi connectivity index (χ0) is 13.2. The maximum Gasteiger partial charge on any atom is 0.0337 e. The number of benzene rings is 1. The van der Waals surface area contributed by atoms with E-state index in [0.717, 1.165) is 6.42 Å². The molecule has 0 spiro atoms. The summed E-state index contributed by atoms with van der Waals surface area (Å²) in [6, 6.07) is 4.75. The van der Waals surface area contributed by atoms with Crippen molar-refractivity contribution in [2.45, 2.75) is 52.6 Å². The Morgan fingerprint density at radius 2 is 1.76 bits per heavy atom. The molecule has 0 saturated heterocycles. The highest BCUT2D eigenvalue weighted by Gasteiger charge is 2.21. The van der Waals surface area contributed by atoms with Crippen LogP contribution in [-0.2, 0) is 0 Å². The van der Waals surface area contributed by atoms with E-state index in [1.54, 1.807) is 0 Å². The minimum Gasteiger partial charge on any atom is -0.325 e. The van der Waals surface area contributed by atoms with Crippen molar-refractivity contribution in [1.29, 1.82) is 0 Å². The number of aryl methyl sites for hydroxylation is 1.